The Bertz CT molecular complexity index is 1420. The number of hydrogen-bond donors (Lipinski definition) is 1. The number of rotatable bonds is 6. The highest BCUT2D eigenvalue weighted by atomic mass is 16.1. The molecule has 0 spiro atoms. The first-order chi connectivity index (χ1) is 17.1. The molecular formula is C30H30N4O. The highest BCUT2D eigenvalue weighted by Gasteiger charge is 2.25. The van der Waals surface area contributed by atoms with Gasteiger partial charge in [0.15, 0.2) is 5.78 Å². The summed E-state index contributed by atoms with van der Waals surface area (Å²) >= 11 is 0. The van der Waals surface area contributed by atoms with E-state index in [1.165, 1.54) is 11.1 Å². The molecule has 0 aliphatic carbocycles. The monoisotopic (exact) mass is 462 g/mol. The Balaban J connectivity index is 1.17. The van der Waals surface area contributed by atoms with Crippen molar-refractivity contribution in [2.24, 2.45) is 18.0 Å². The predicted octanol–water partition coefficient (Wildman–Crippen LogP) is 5.11. The van der Waals surface area contributed by atoms with Crippen LogP contribution in [0.3, 0.4) is 0 Å². The number of nitrogens with zero attached hydrogens (tertiary/aromatic N) is 3. The Kier molecular flexibility index (Phi) is 5.78. The number of carbonyl (C=O) groups excluding carboxylic acids is 1. The summed E-state index contributed by atoms with van der Waals surface area (Å²) in [6, 6.07) is 23.5. The number of piperidine rings is 1. The van der Waals surface area contributed by atoms with E-state index in [4.69, 9.17) is 4.99 Å². The summed E-state index contributed by atoms with van der Waals surface area (Å²) in [5, 5.41) is 9.23. The number of Topliss-reactive ketones (excluding diaryl/α,β-unsaturated/α-hetero) is 1. The lowest BCUT2D eigenvalue weighted by Crippen LogP contribution is -2.40. The Morgan fingerprint density at radius 2 is 1.97 bits per heavy atom. The second kappa shape index (κ2) is 9.23. The summed E-state index contributed by atoms with van der Waals surface area (Å²) in [5.74, 6) is 0.666. The van der Waals surface area contributed by atoms with Crippen molar-refractivity contribution in [1.29, 1.82) is 0 Å². The number of aliphatic imine (C=N–C) groups is 1. The van der Waals surface area contributed by atoms with Gasteiger partial charge in [0.2, 0.25) is 0 Å². The van der Waals surface area contributed by atoms with E-state index in [1.807, 2.05) is 30.1 Å². The lowest BCUT2D eigenvalue weighted by atomic mass is 9.84. The molecule has 35 heavy (non-hydrogen) atoms. The molecule has 1 saturated heterocycles. The maximum Gasteiger partial charge on any atom is 0.163 e. The molecule has 3 heterocycles. The van der Waals surface area contributed by atoms with Gasteiger partial charge in [0.1, 0.15) is 0 Å². The van der Waals surface area contributed by atoms with Crippen LogP contribution in [0.2, 0.25) is 0 Å². The lowest BCUT2D eigenvalue weighted by molar-refractivity contribution is 0.0946. The molecule has 4 aromatic rings. The average Bonchev–Trinajstić information content (AvgIpc) is 3.46. The number of nitrogens with one attached hydrogen (secondary N) is 1. The van der Waals surface area contributed by atoms with Crippen LogP contribution in [0.5, 0.6) is 0 Å². The minimum absolute atomic E-state index is 0.243. The second-order valence-corrected chi connectivity index (χ2v) is 9.97. The van der Waals surface area contributed by atoms with E-state index in [-0.39, 0.29) is 5.78 Å². The minimum atomic E-state index is 0.243. The van der Waals surface area contributed by atoms with Crippen molar-refractivity contribution in [3.05, 3.63) is 101 Å². The fourth-order valence-electron chi connectivity index (χ4n) is 5.62. The summed E-state index contributed by atoms with van der Waals surface area (Å²) in [6.07, 6.45) is 5.76. The third kappa shape index (κ3) is 4.56. The molecule has 5 heteroatoms. The van der Waals surface area contributed by atoms with Crippen molar-refractivity contribution < 1.29 is 4.79 Å². The van der Waals surface area contributed by atoms with Crippen LogP contribution in [-0.2, 0) is 20.0 Å². The maximum atomic E-state index is 13.3. The van der Waals surface area contributed by atoms with Crippen LogP contribution in [0.15, 0.2) is 77.9 Å². The highest BCUT2D eigenvalue weighted by Crippen LogP contribution is 2.28. The summed E-state index contributed by atoms with van der Waals surface area (Å²) in [4.78, 5) is 18.2. The molecule has 0 unspecified atom stereocenters. The molecule has 0 saturated carbocycles. The van der Waals surface area contributed by atoms with Gasteiger partial charge in [-0.15, -0.1) is 0 Å². The third-order valence-electron chi connectivity index (χ3n) is 7.39. The molecule has 0 bridgehead atoms. The van der Waals surface area contributed by atoms with Crippen LogP contribution < -0.4 is 5.32 Å². The Morgan fingerprint density at radius 1 is 1.09 bits per heavy atom. The Hall–Kier alpha value is -3.57. The van der Waals surface area contributed by atoms with Crippen LogP contribution in [-0.4, -0.2) is 33.9 Å². The molecule has 0 radical (unpaired) electrons. The number of ketones is 1. The second-order valence-electron chi connectivity index (χ2n) is 9.97. The molecular weight excluding hydrogens is 432 g/mol. The summed E-state index contributed by atoms with van der Waals surface area (Å²) in [5.41, 5.74) is 7.47. The van der Waals surface area contributed by atoms with Gasteiger partial charge < -0.3 is 5.32 Å². The highest BCUT2D eigenvalue weighted by molar-refractivity contribution is 6.17. The molecule has 2 aliphatic heterocycles. The number of aromatic nitrogens is 2. The summed E-state index contributed by atoms with van der Waals surface area (Å²) < 4.78 is 1.83. The minimum Gasteiger partial charge on any atom is -0.314 e. The standard InChI is InChI=1S/C30H30N4O/c1-34-19-25-16-23(9-10-28(25)33-34)30-27-17-22(7-8-24(27)18-32-30)29(35)15-21-11-12-31-26(14-21)13-20-5-3-2-4-6-20/h2-10,16-17,19,21,26,31H,11-15,18H2,1H3/t21-,26+/m0/s1. The van der Waals surface area contributed by atoms with E-state index in [9.17, 15) is 4.79 Å². The zero-order valence-corrected chi connectivity index (χ0v) is 20.1. The van der Waals surface area contributed by atoms with Crippen LogP contribution in [0.25, 0.3) is 10.9 Å². The molecule has 1 N–H and O–H groups in total. The first kappa shape index (κ1) is 21.9. The van der Waals surface area contributed by atoms with Crippen molar-refractivity contribution in [1.82, 2.24) is 15.1 Å². The van der Waals surface area contributed by atoms with Crippen molar-refractivity contribution in [2.75, 3.05) is 6.54 Å². The van der Waals surface area contributed by atoms with E-state index >= 15 is 0 Å². The van der Waals surface area contributed by atoms with Gasteiger partial charge in [-0.25, -0.2) is 0 Å². The van der Waals surface area contributed by atoms with Gasteiger partial charge in [0, 0.05) is 47.8 Å². The quantitative estimate of drug-likeness (QED) is 0.405. The van der Waals surface area contributed by atoms with E-state index in [1.54, 1.807) is 0 Å². The molecule has 2 atom stereocenters. The third-order valence-corrected chi connectivity index (χ3v) is 7.39. The van der Waals surface area contributed by atoms with Gasteiger partial charge in [-0.05, 0) is 61.1 Å². The van der Waals surface area contributed by atoms with Crippen molar-refractivity contribution in [3.63, 3.8) is 0 Å². The molecule has 176 valence electrons. The fourth-order valence-corrected chi connectivity index (χ4v) is 5.62. The van der Waals surface area contributed by atoms with Crippen LogP contribution in [0, 0.1) is 5.92 Å². The SMILES string of the molecule is Cn1cc2cc(C3=NCc4ccc(C(=O)C[C@H]5CCN[C@H](Cc6ccccc6)C5)cc43)ccc2n1. The Morgan fingerprint density at radius 3 is 2.86 bits per heavy atom. The number of fused-ring (bicyclic) bond motifs is 2. The van der Waals surface area contributed by atoms with Gasteiger partial charge in [-0.3, -0.25) is 14.5 Å². The normalized spacial score (nSPS) is 19.5. The first-order valence-electron chi connectivity index (χ1n) is 12.5. The predicted molar refractivity (Wildman–Crippen MR) is 140 cm³/mol. The van der Waals surface area contributed by atoms with Crippen LogP contribution >= 0.6 is 0 Å². The number of carbonyl (C=O) groups is 1. The molecule has 1 fully saturated rings. The molecule has 5 nitrogen and oxygen atoms in total. The van der Waals surface area contributed by atoms with Gasteiger partial charge in [-0.1, -0.05) is 48.5 Å². The molecule has 3 aromatic carbocycles. The van der Waals surface area contributed by atoms with Gasteiger partial charge in [-0.2, -0.15) is 5.10 Å². The van der Waals surface area contributed by atoms with E-state index in [0.717, 1.165) is 59.1 Å². The molecule has 1 aromatic heterocycles. The van der Waals surface area contributed by atoms with Crippen molar-refractivity contribution >= 4 is 22.4 Å². The van der Waals surface area contributed by atoms with Gasteiger partial charge >= 0.3 is 0 Å². The van der Waals surface area contributed by atoms with Crippen LogP contribution in [0.4, 0.5) is 0 Å². The lowest BCUT2D eigenvalue weighted by Gasteiger charge is -2.30. The van der Waals surface area contributed by atoms with Gasteiger partial charge in [0.05, 0.1) is 17.8 Å². The largest absolute Gasteiger partial charge is 0.314 e. The molecule has 6 rings (SSSR count). The summed E-state index contributed by atoms with van der Waals surface area (Å²) in [7, 11) is 1.94. The van der Waals surface area contributed by atoms with Gasteiger partial charge in [0.25, 0.3) is 0 Å². The Labute approximate surface area is 205 Å². The smallest absolute Gasteiger partial charge is 0.163 e. The van der Waals surface area contributed by atoms with Crippen molar-refractivity contribution in [2.45, 2.75) is 38.3 Å². The van der Waals surface area contributed by atoms with Crippen LogP contribution in [0.1, 0.15) is 51.9 Å². The molecule has 0 amide bonds. The fraction of sp³-hybridized carbons (Fsp3) is 0.300. The van der Waals surface area contributed by atoms with Crippen molar-refractivity contribution in [3.8, 4) is 0 Å². The first-order valence-corrected chi connectivity index (χ1v) is 12.5. The zero-order valence-electron chi connectivity index (χ0n) is 20.1. The summed E-state index contributed by atoms with van der Waals surface area (Å²) in [6.45, 7) is 1.65. The number of aryl methyl sites for hydroxylation is 1. The molecule has 2 aliphatic rings. The van der Waals surface area contributed by atoms with E-state index in [0.29, 0.717) is 24.9 Å². The van der Waals surface area contributed by atoms with E-state index < -0.39 is 0 Å². The zero-order chi connectivity index (χ0) is 23.8. The average molecular weight is 463 g/mol. The number of benzene rings is 3. The topological polar surface area (TPSA) is 59.3 Å². The number of hydrogen-bond acceptors (Lipinski definition) is 4. The maximum absolute atomic E-state index is 13.3. The van der Waals surface area contributed by atoms with E-state index in [2.05, 4.69) is 65.0 Å².